The van der Waals surface area contributed by atoms with Crippen LogP contribution in [0.5, 0.6) is 0 Å². The summed E-state index contributed by atoms with van der Waals surface area (Å²) in [7, 11) is 0. The van der Waals surface area contributed by atoms with E-state index >= 15 is 0 Å². The Kier molecular flexibility index (Phi) is 3.47. The zero-order chi connectivity index (χ0) is 14.3. The Hall–Kier alpha value is -1.12. The quantitative estimate of drug-likeness (QED) is 0.571. The summed E-state index contributed by atoms with van der Waals surface area (Å²) in [4.78, 5) is 24.0. The molecule has 0 aromatic carbocycles. The van der Waals surface area contributed by atoms with Crippen LogP contribution in [0, 0.1) is 23.2 Å². The van der Waals surface area contributed by atoms with Crippen molar-refractivity contribution < 1.29 is 14.3 Å². The minimum Gasteiger partial charge on any atom is -0.465 e. The highest BCUT2D eigenvalue weighted by Gasteiger charge is 2.55. The van der Waals surface area contributed by atoms with Gasteiger partial charge in [-0.25, -0.2) is 0 Å². The van der Waals surface area contributed by atoms with Crippen LogP contribution in [0.4, 0.5) is 0 Å². The molecule has 0 N–H and O–H groups in total. The summed E-state index contributed by atoms with van der Waals surface area (Å²) in [6.45, 7) is 5.53. The molecule has 4 bridgehead atoms. The molecule has 20 heavy (non-hydrogen) atoms. The summed E-state index contributed by atoms with van der Waals surface area (Å²) in [5, 5.41) is 0. The SMILES string of the molecule is C=C(C)C(=O)CCOC(=O)C12CC3CC(CC(C3)C1)C2. The van der Waals surface area contributed by atoms with Gasteiger partial charge in [0.05, 0.1) is 12.0 Å². The fourth-order valence-electron chi connectivity index (χ4n) is 4.96. The van der Waals surface area contributed by atoms with E-state index in [9.17, 15) is 9.59 Å². The number of esters is 1. The first-order chi connectivity index (χ1) is 9.48. The summed E-state index contributed by atoms with van der Waals surface area (Å²) >= 11 is 0. The third-order valence-corrected chi connectivity index (χ3v) is 5.51. The van der Waals surface area contributed by atoms with Gasteiger partial charge in [-0.3, -0.25) is 9.59 Å². The number of hydrogen-bond donors (Lipinski definition) is 0. The van der Waals surface area contributed by atoms with Gasteiger partial charge in [0.2, 0.25) is 0 Å². The molecular weight excluding hydrogens is 252 g/mol. The molecule has 0 radical (unpaired) electrons. The highest BCUT2D eigenvalue weighted by Crippen LogP contribution is 2.60. The Bertz CT molecular complexity index is 414. The Morgan fingerprint density at radius 1 is 1.10 bits per heavy atom. The van der Waals surface area contributed by atoms with Crippen molar-refractivity contribution in [2.24, 2.45) is 23.2 Å². The molecule has 0 unspecified atom stereocenters. The highest BCUT2D eigenvalue weighted by molar-refractivity contribution is 5.94. The molecule has 0 aromatic rings. The van der Waals surface area contributed by atoms with Crippen molar-refractivity contribution in [1.82, 2.24) is 0 Å². The maximum Gasteiger partial charge on any atom is 0.312 e. The van der Waals surface area contributed by atoms with Crippen LogP contribution in [0.15, 0.2) is 12.2 Å². The van der Waals surface area contributed by atoms with Gasteiger partial charge in [-0.1, -0.05) is 6.58 Å². The van der Waals surface area contributed by atoms with E-state index in [4.69, 9.17) is 4.74 Å². The number of carbonyl (C=O) groups is 2. The van der Waals surface area contributed by atoms with E-state index in [1.807, 2.05) is 0 Å². The molecule has 0 atom stereocenters. The second kappa shape index (κ2) is 5.01. The van der Waals surface area contributed by atoms with Crippen molar-refractivity contribution in [2.45, 2.75) is 51.9 Å². The van der Waals surface area contributed by atoms with Crippen molar-refractivity contribution in [1.29, 1.82) is 0 Å². The summed E-state index contributed by atoms with van der Waals surface area (Å²) in [5.41, 5.74) is 0.331. The first-order valence-electron chi connectivity index (χ1n) is 7.84. The lowest BCUT2D eigenvalue weighted by atomic mass is 9.49. The first-order valence-corrected chi connectivity index (χ1v) is 7.84. The fourth-order valence-corrected chi connectivity index (χ4v) is 4.96. The number of Topliss-reactive ketones (excluding diaryl/α,β-unsaturated/α-hetero) is 1. The van der Waals surface area contributed by atoms with Gasteiger partial charge < -0.3 is 4.74 Å². The molecule has 3 heteroatoms. The van der Waals surface area contributed by atoms with Crippen LogP contribution in [0.3, 0.4) is 0 Å². The topological polar surface area (TPSA) is 43.4 Å². The van der Waals surface area contributed by atoms with Gasteiger partial charge >= 0.3 is 5.97 Å². The van der Waals surface area contributed by atoms with Gasteiger partial charge in [0.15, 0.2) is 5.78 Å². The molecule has 0 spiro atoms. The standard InChI is InChI=1S/C17H24O3/c1-11(2)15(18)3-4-20-16(19)17-8-12-5-13(9-17)7-14(6-12)10-17/h12-14H,1,3-10H2,2H3. The number of ketones is 1. The average Bonchev–Trinajstić information content (AvgIpc) is 2.36. The third-order valence-electron chi connectivity index (χ3n) is 5.51. The Balaban J connectivity index is 1.57. The molecule has 0 aliphatic heterocycles. The summed E-state index contributed by atoms with van der Waals surface area (Å²) < 4.78 is 5.45. The van der Waals surface area contributed by atoms with Crippen LogP contribution in [0.1, 0.15) is 51.9 Å². The van der Waals surface area contributed by atoms with Gasteiger partial charge in [-0.2, -0.15) is 0 Å². The van der Waals surface area contributed by atoms with Gasteiger partial charge in [-0.15, -0.1) is 0 Å². The van der Waals surface area contributed by atoms with Crippen molar-refractivity contribution in [3.05, 3.63) is 12.2 Å². The van der Waals surface area contributed by atoms with E-state index in [-0.39, 0.29) is 30.2 Å². The molecule has 0 aromatic heterocycles. The minimum absolute atomic E-state index is 0.0108. The molecular formula is C17H24O3. The van der Waals surface area contributed by atoms with Gasteiger partial charge in [0.25, 0.3) is 0 Å². The largest absolute Gasteiger partial charge is 0.465 e. The van der Waals surface area contributed by atoms with Crippen LogP contribution in [-0.4, -0.2) is 18.4 Å². The lowest BCUT2D eigenvalue weighted by molar-refractivity contribution is -0.171. The summed E-state index contributed by atoms with van der Waals surface area (Å²) in [6, 6.07) is 0. The number of rotatable bonds is 5. The maximum atomic E-state index is 12.5. The molecule has 0 heterocycles. The van der Waals surface area contributed by atoms with Crippen LogP contribution in [0.2, 0.25) is 0 Å². The molecule has 4 aliphatic rings. The lowest BCUT2D eigenvalue weighted by Gasteiger charge is -2.55. The van der Waals surface area contributed by atoms with Gasteiger partial charge in [-0.05, 0) is 68.8 Å². The Morgan fingerprint density at radius 3 is 2.05 bits per heavy atom. The summed E-state index contributed by atoms with van der Waals surface area (Å²) in [6.07, 6.45) is 7.29. The first kappa shape index (κ1) is 13.8. The zero-order valence-corrected chi connectivity index (χ0v) is 12.3. The predicted octanol–water partition coefficient (Wildman–Crippen LogP) is 3.28. The molecule has 3 nitrogen and oxygen atoms in total. The van der Waals surface area contributed by atoms with E-state index in [1.54, 1.807) is 6.92 Å². The molecule has 0 amide bonds. The van der Waals surface area contributed by atoms with E-state index in [0.717, 1.165) is 37.0 Å². The normalized spacial score (nSPS) is 37.8. The van der Waals surface area contributed by atoms with Crippen LogP contribution >= 0.6 is 0 Å². The molecule has 4 rings (SSSR count). The van der Waals surface area contributed by atoms with Crippen molar-refractivity contribution in [3.63, 3.8) is 0 Å². The van der Waals surface area contributed by atoms with E-state index < -0.39 is 0 Å². The van der Waals surface area contributed by atoms with Crippen molar-refractivity contribution >= 4 is 11.8 Å². The smallest absolute Gasteiger partial charge is 0.312 e. The number of allylic oxidation sites excluding steroid dienone is 1. The van der Waals surface area contributed by atoms with Crippen LogP contribution < -0.4 is 0 Å². The van der Waals surface area contributed by atoms with E-state index in [2.05, 4.69) is 6.58 Å². The maximum absolute atomic E-state index is 12.5. The minimum atomic E-state index is -0.207. The molecule has 110 valence electrons. The van der Waals surface area contributed by atoms with Crippen molar-refractivity contribution in [3.8, 4) is 0 Å². The third kappa shape index (κ3) is 2.43. The predicted molar refractivity (Wildman–Crippen MR) is 76.0 cm³/mol. The van der Waals surface area contributed by atoms with Crippen molar-refractivity contribution in [2.75, 3.05) is 6.61 Å². The lowest BCUT2D eigenvalue weighted by Crippen LogP contribution is -2.50. The monoisotopic (exact) mass is 276 g/mol. The second-order valence-corrected chi connectivity index (χ2v) is 7.29. The second-order valence-electron chi connectivity index (χ2n) is 7.29. The van der Waals surface area contributed by atoms with E-state index in [1.165, 1.54) is 19.3 Å². The van der Waals surface area contributed by atoms with Gasteiger partial charge in [0.1, 0.15) is 0 Å². The van der Waals surface area contributed by atoms with E-state index in [0.29, 0.717) is 5.57 Å². The Labute approximate surface area is 120 Å². The van der Waals surface area contributed by atoms with Gasteiger partial charge in [0, 0.05) is 6.42 Å². The Morgan fingerprint density at radius 2 is 1.60 bits per heavy atom. The number of ether oxygens (including phenoxy) is 1. The fraction of sp³-hybridized carbons (Fsp3) is 0.765. The average molecular weight is 276 g/mol. The zero-order valence-electron chi connectivity index (χ0n) is 12.3. The highest BCUT2D eigenvalue weighted by atomic mass is 16.5. The van der Waals surface area contributed by atoms with Crippen LogP contribution in [0.25, 0.3) is 0 Å². The number of carbonyl (C=O) groups excluding carboxylic acids is 2. The molecule has 4 saturated carbocycles. The molecule has 4 fully saturated rings. The summed E-state index contributed by atoms with van der Waals surface area (Å²) in [5.74, 6) is 2.18. The number of hydrogen-bond acceptors (Lipinski definition) is 3. The van der Waals surface area contributed by atoms with Crippen LogP contribution in [-0.2, 0) is 14.3 Å². The molecule has 0 saturated heterocycles. The molecule has 4 aliphatic carbocycles.